The van der Waals surface area contributed by atoms with Gasteiger partial charge in [0.15, 0.2) is 5.34 Å². The minimum atomic E-state index is -3.04. The molecule has 16 heavy (non-hydrogen) atoms. The zero-order valence-electron chi connectivity index (χ0n) is 8.63. The van der Waals surface area contributed by atoms with Crippen LogP contribution in [0.2, 0.25) is 0 Å². The second-order valence-electron chi connectivity index (χ2n) is 3.74. The van der Waals surface area contributed by atoms with E-state index >= 15 is 0 Å². The fourth-order valence-electron chi connectivity index (χ4n) is 1.81. The maximum atomic E-state index is 11.3. The van der Waals surface area contributed by atoms with E-state index in [1.807, 2.05) is 30.3 Å². The molecule has 1 aromatic carbocycles. The summed E-state index contributed by atoms with van der Waals surface area (Å²) in [6.07, 6.45) is 5.37. The minimum absolute atomic E-state index is 0.183. The summed E-state index contributed by atoms with van der Waals surface area (Å²) < 4.78 is 11.3. The molecule has 2 atom stereocenters. The van der Waals surface area contributed by atoms with Crippen LogP contribution in [0.1, 0.15) is 12.0 Å². The Morgan fingerprint density at radius 2 is 1.94 bits per heavy atom. The van der Waals surface area contributed by atoms with Gasteiger partial charge in [-0.1, -0.05) is 48.6 Å². The fourth-order valence-corrected chi connectivity index (χ4v) is 2.56. The quantitative estimate of drug-likeness (QED) is 0.774. The van der Waals surface area contributed by atoms with Gasteiger partial charge in [0, 0.05) is 12.0 Å². The lowest BCUT2D eigenvalue weighted by atomic mass is 9.94. The molecule has 1 aromatic rings. The Bertz CT molecular complexity index is 464. The lowest BCUT2D eigenvalue weighted by Gasteiger charge is -2.29. The average molecular weight is 236 g/mol. The summed E-state index contributed by atoms with van der Waals surface area (Å²) >= 11 is 0. The smallest absolute Gasteiger partial charge is 0.224 e. The Labute approximate surface area is 94.6 Å². The predicted molar refractivity (Wildman–Crippen MR) is 64.3 cm³/mol. The molecule has 0 saturated heterocycles. The first-order valence-electron chi connectivity index (χ1n) is 5.03. The highest BCUT2D eigenvalue weighted by Crippen LogP contribution is 2.47. The minimum Gasteiger partial charge on any atom is -0.375 e. The summed E-state index contributed by atoms with van der Waals surface area (Å²) in [7, 11) is -3.04. The zero-order chi connectivity index (χ0) is 11.6. The first kappa shape index (κ1) is 11.3. The van der Waals surface area contributed by atoms with Crippen LogP contribution in [0.25, 0.3) is 5.57 Å². The van der Waals surface area contributed by atoms with E-state index in [1.54, 1.807) is 18.2 Å². The van der Waals surface area contributed by atoms with E-state index in [-0.39, 0.29) is 6.42 Å². The zero-order valence-corrected chi connectivity index (χ0v) is 9.63. The Hall–Kier alpha value is -1.15. The standard InChI is InChI=1S/C12H13O3P/c13-12(16(14)15)9-5-4-8-11(12)10-6-2-1-3-7-10/h1-8,13,16H,9H2,(H,14,15). The maximum Gasteiger partial charge on any atom is 0.224 e. The average Bonchev–Trinajstić information content (AvgIpc) is 2.30. The highest BCUT2D eigenvalue weighted by Gasteiger charge is 2.37. The molecule has 0 spiro atoms. The third kappa shape index (κ3) is 1.90. The molecule has 2 rings (SSSR count). The van der Waals surface area contributed by atoms with Crippen molar-refractivity contribution in [3.8, 4) is 0 Å². The summed E-state index contributed by atoms with van der Waals surface area (Å²) in [6.45, 7) is 0. The molecule has 2 unspecified atom stereocenters. The van der Waals surface area contributed by atoms with Gasteiger partial charge in [-0.05, 0) is 5.56 Å². The van der Waals surface area contributed by atoms with Gasteiger partial charge in [-0.25, -0.2) is 0 Å². The van der Waals surface area contributed by atoms with Crippen molar-refractivity contribution in [3.05, 3.63) is 54.1 Å². The molecule has 3 nitrogen and oxygen atoms in total. The fraction of sp³-hybridized carbons (Fsp3) is 0.167. The van der Waals surface area contributed by atoms with E-state index in [0.29, 0.717) is 5.57 Å². The summed E-state index contributed by atoms with van der Waals surface area (Å²) in [5.41, 5.74) is 1.30. The third-order valence-corrected chi connectivity index (χ3v) is 3.88. The van der Waals surface area contributed by atoms with E-state index < -0.39 is 13.4 Å². The molecule has 1 aliphatic carbocycles. The lowest BCUT2D eigenvalue weighted by molar-refractivity contribution is 0.176. The molecule has 1 aliphatic rings. The summed E-state index contributed by atoms with van der Waals surface area (Å²) in [5, 5.41) is 8.60. The van der Waals surface area contributed by atoms with Gasteiger partial charge in [0.05, 0.1) is 0 Å². The van der Waals surface area contributed by atoms with Crippen LogP contribution >= 0.6 is 8.03 Å². The van der Waals surface area contributed by atoms with E-state index in [2.05, 4.69) is 0 Å². The third-order valence-electron chi connectivity index (χ3n) is 2.70. The second-order valence-corrected chi connectivity index (χ2v) is 5.18. The van der Waals surface area contributed by atoms with Crippen molar-refractivity contribution in [2.75, 3.05) is 0 Å². The Morgan fingerprint density at radius 1 is 1.25 bits per heavy atom. The van der Waals surface area contributed by atoms with Crippen molar-refractivity contribution >= 4 is 13.6 Å². The summed E-state index contributed by atoms with van der Waals surface area (Å²) in [6, 6.07) is 9.18. The molecule has 0 heterocycles. The van der Waals surface area contributed by atoms with Crippen molar-refractivity contribution < 1.29 is 14.6 Å². The summed E-state index contributed by atoms with van der Waals surface area (Å²) in [4.78, 5) is 9.29. The molecular weight excluding hydrogens is 223 g/mol. The van der Waals surface area contributed by atoms with Gasteiger partial charge < -0.3 is 10.00 Å². The Balaban J connectivity index is 2.49. The molecule has 4 heteroatoms. The maximum absolute atomic E-state index is 11.3. The molecular formula is C12H13O3P. The van der Waals surface area contributed by atoms with Crippen LogP contribution in [0, 0.1) is 0 Å². The molecule has 0 saturated carbocycles. The van der Waals surface area contributed by atoms with Gasteiger partial charge in [0.2, 0.25) is 8.03 Å². The predicted octanol–water partition coefficient (Wildman–Crippen LogP) is 2.19. The van der Waals surface area contributed by atoms with Gasteiger partial charge in [-0.2, -0.15) is 0 Å². The molecule has 0 radical (unpaired) electrons. The van der Waals surface area contributed by atoms with Gasteiger partial charge in [-0.15, -0.1) is 0 Å². The normalized spacial score (nSPS) is 26.2. The van der Waals surface area contributed by atoms with Crippen LogP contribution in [0.4, 0.5) is 0 Å². The van der Waals surface area contributed by atoms with Crippen molar-refractivity contribution in [2.24, 2.45) is 0 Å². The number of allylic oxidation sites excluding steroid dienone is 2. The highest BCUT2D eigenvalue weighted by molar-refractivity contribution is 7.40. The number of hydrogen-bond acceptors (Lipinski definition) is 2. The van der Waals surface area contributed by atoms with Crippen LogP contribution < -0.4 is 0 Å². The first-order valence-corrected chi connectivity index (χ1v) is 6.38. The number of hydrogen-bond donors (Lipinski definition) is 2. The van der Waals surface area contributed by atoms with Crippen LogP contribution in [-0.2, 0) is 4.57 Å². The molecule has 0 bridgehead atoms. The number of benzene rings is 1. The van der Waals surface area contributed by atoms with Crippen LogP contribution in [0.5, 0.6) is 0 Å². The van der Waals surface area contributed by atoms with Gasteiger partial charge in [-0.3, -0.25) is 4.57 Å². The summed E-state index contributed by atoms with van der Waals surface area (Å²) in [5.74, 6) is 0. The molecule has 84 valence electrons. The van der Waals surface area contributed by atoms with Gasteiger partial charge in [0.25, 0.3) is 0 Å². The van der Waals surface area contributed by atoms with E-state index in [0.717, 1.165) is 5.56 Å². The van der Waals surface area contributed by atoms with Crippen LogP contribution in [0.15, 0.2) is 48.6 Å². The lowest BCUT2D eigenvalue weighted by Crippen LogP contribution is -2.26. The Morgan fingerprint density at radius 3 is 2.56 bits per heavy atom. The second kappa shape index (κ2) is 4.38. The number of aliphatic hydroxyl groups is 1. The molecule has 2 N–H and O–H groups in total. The van der Waals surface area contributed by atoms with Crippen LogP contribution in [-0.4, -0.2) is 15.3 Å². The molecule has 0 aliphatic heterocycles. The van der Waals surface area contributed by atoms with E-state index in [1.165, 1.54) is 0 Å². The molecule has 0 fully saturated rings. The van der Waals surface area contributed by atoms with E-state index in [9.17, 15) is 14.6 Å². The van der Waals surface area contributed by atoms with Gasteiger partial charge >= 0.3 is 0 Å². The van der Waals surface area contributed by atoms with Crippen molar-refractivity contribution in [1.29, 1.82) is 0 Å². The van der Waals surface area contributed by atoms with Gasteiger partial charge in [0.1, 0.15) is 0 Å². The Kier molecular flexibility index (Phi) is 3.10. The highest BCUT2D eigenvalue weighted by atomic mass is 31.1. The van der Waals surface area contributed by atoms with Crippen molar-refractivity contribution in [2.45, 2.75) is 11.8 Å². The van der Waals surface area contributed by atoms with Crippen molar-refractivity contribution in [3.63, 3.8) is 0 Å². The SMILES string of the molecule is O=[PH](O)C1(O)CC=CC=C1c1ccccc1. The topological polar surface area (TPSA) is 57.5 Å². The molecule has 0 amide bonds. The first-order chi connectivity index (χ1) is 7.64. The largest absolute Gasteiger partial charge is 0.375 e. The van der Waals surface area contributed by atoms with Crippen LogP contribution in [0.3, 0.4) is 0 Å². The monoisotopic (exact) mass is 236 g/mol. The number of rotatable bonds is 2. The molecule has 0 aromatic heterocycles. The van der Waals surface area contributed by atoms with E-state index in [4.69, 9.17) is 0 Å². The van der Waals surface area contributed by atoms with Crippen molar-refractivity contribution in [1.82, 2.24) is 0 Å².